The molecule has 2 unspecified atom stereocenters. The Kier molecular flexibility index (Phi) is 48.0. The minimum atomic E-state index is 0.134. The summed E-state index contributed by atoms with van der Waals surface area (Å²) in [5.41, 5.74) is 19.7. The van der Waals surface area contributed by atoms with Crippen LogP contribution in [0.2, 0.25) is 0 Å². The fraction of sp³-hybridized carbons (Fsp3) is 0.283. The Labute approximate surface area is 622 Å². The predicted molar refractivity (Wildman–Crippen MR) is 463 cm³/mol. The number of terminal acetylenes is 1. The maximum Gasteiger partial charge on any atom is 0.0345 e. The van der Waals surface area contributed by atoms with Gasteiger partial charge in [0, 0.05) is 47.1 Å². The summed E-state index contributed by atoms with van der Waals surface area (Å²) in [6.07, 6.45) is 38.2. The standard InChI is InChI=1S/C59H60S4.C11H10S.C7H8.C4H4.C3H8S.4C2H6/c1-7-42(3)56(60-6)23-16-17-37-61-41-46(8-2)48-28-26-45(27-29-48)39-54(49-19-14-11-15-20-49)55-40-52(58-36-25-43(4)63-58)34-35-53(55)59(51-21-12-9-10-13-22-51)44(5)47-30-32-50(33-31-47)57-24-18-38-62-57;1-9-7-8-11(12-9)10-5-3-2-4-6-10;1-7-5-3-2-4-6-7;2*1-3-4-2;4*1-2/h7-12,14-24,26-36,38,40,43,54H,13,25,37,39,41H2,1-6H3;2-8H,1H3;2-6H,1H3;1,4H,2H2;3H2,1-2H3;4*1-2H3/b17-16+,42-7+,46-8+,56-23-,59-44+;;;;;;;;. The number of hydrogen-bond acceptors (Lipinski definition) is 6. The molecule has 518 valence electrons. The molecule has 2 atom stereocenters. The van der Waals surface area contributed by atoms with Gasteiger partial charge in [0.2, 0.25) is 0 Å². The Morgan fingerprint density at radius 2 is 1.29 bits per heavy atom. The Morgan fingerprint density at radius 1 is 0.684 bits per heavy atom. The molecule has 98 heavy (non-hydrogen) atoms. The lowest BCUT2D eigenvalue weighted by Gasteiger charge is -2.26. The van der Waals surface area contributed by atoms with Gasteiger partial charge in [-0.1, -0.05) is 306 Å². The largest absolute Gasteiger partial charge is 0.166 e. The summed E-state index contributed by atoms with van der Waals surface area (Å²) >= 11 is 11.3. The van der Waals surface area contributed by atoms with Gasteiger partial charge in [-0.3, -0.25) is 0 Å². The molecule has 0 spiro atoms. The first kappa shape index (κ1) is 87.2. The van der Waals surface area contributed by atoms with Crippen LogP contribution in [-0.4, -0.2) is 35.0 Å². The van der Waals surface area contributed by atoms with Crippen LogP contribution in [-0.2, 0) is 6.42 Å². The van der Waals surface area contributed by atoms with Crippen LogP contribution < -0.4 is 0 Å². The van der Waals surface area contributed by atoms with Crippen LogP contribution >= 0.6 is 69.7 Å². The van der Waals surface area contributed by atoms with E-state index in [1.807, 2.05) is 126 Å². The number of benzene rings is 6. The van der Waals surface area contributed by atoms with E-state index in [9.17, 15) is 0 Å². The quantitative estimate of drug-likeness (QED) is 0.0342. The van der Waals surface area contributed by atoms with Gasteiger partial charge in [-0.2, -0.15) is 23.5 Å². The van der Waals surface area contributed by atoms with Gasteiger partial charge in [-0.25, -0.2) is 0 Å². The molecule has 8 aromatic rings. The van der Waals surface area contributed by atoms with Crippen molar-refractivity contribution in [3.8, 4) is 33.2 Å². The minimum absolute atomic E-state index is 0.134. The molecule has 1 aliphatic heterocycles. The topological polar surface area (TPSA) is 0 Å². The highest BCUT2D eigenvalue weighted by atomic mass is 32.2. The Balaban J connectivity index is 0.000000761. The fourth-order valence-corrected chi connectivity index (χ4v) is 14.3. The van der Waals surface area contributed by atoms with Crippen molar-refractivity contribution in [2.45, 2.75) is 141 Å². The fourth-order valence-electron chi connectivity index (χ4n) is 10.0. The maximum atomic E-state index is 4.66. The SMILES string of the molecule is C#CC=C.C/C=C(\CSC/C=C/C=C(SC)/C(C)=C/C)c1ccc(CC(c2ccccc2)c2cc(C3=CCC(C)S3)ccc2/C(C2=CCC=CC=C2)=C(\C)c2ccc(-c3cccs3)cc2)cc1.CC.CC.CC.CC.CCSC.Cc1ccc(-c2ccccc2)s1.Cc1ccccc1. The second-order valence-corrected chi connectivity index (χ2v) is 28.2. The highest BCUT2D eigenvalue weighted by molar-refractivity contribution is 8.09. The van der Waals surface area contributed by atoms with Crippen molar-refractivity contribution in [3.63, 3.8) is 0 Å². The van der Waals surface area contributed by atoms with E-state index in [0.29, 0.717) is 5.25 Å². The van der Waals surface area contributed by atoms with E-state index in [1.54, 1.807) is 23.1 Å². The number of hydrogen-bond donors (Lipinski definition) is 0. The summed E-state index contributed by atoms with van der Waals surface area (Å²) in [4.78, 5) is 6.74. The number of aryl methyl sites for hydroxylation is 2. The molecule has 3 heterocycles. The van der Waals surface area contributed by atoms with Crippen molar-refractivity contribution < 1.29 is 0 Å². The van der Waals surface area contributed by atoms with Crippen molar-refractivity contribution >= 4 is 91.3 Å². The van der Waals surface area contributed by atoms with Crippen LogP contribution in [0.15, 0.2) is 283 Å². The molecule has 1 aliphatic carbocycles. The predicted octanol–water partition coefficient (Wildman–Crippen LogP) is 29.9. The normalized spacial score (nSPS) is 13.4. The molecule has 0 radical (unpaired) electrons. The molecular weight excluding hydrogens is 1300 g/mol. The monoisotopic (exact) mass is 1410 g/mol. The zero-order chi connectivity index (χ0) is 72.3. The summed E-state index contributed by atoms with van der Waals surface area (Å²) < 4.78 is 0. The van der Waals surface area contributed by atoms with Crippen molar-refractivity contribution in [1.82, 2.24) is 0 Å². The molecule has 6 heteroatoms. The van der Waals surface area contributed by atoms with Gasteiger partial charge in [0.05, 0.1) is 0 Å². The zero-order valence-corrected chi connectivity index (χ0v) is 67.4. The highest BCUT2D eigenvalue weighted by Crippen LogP contribution is 2.45. The Morgan fingerprint density at radius 3 is 1.81 bits per heavy atom. The van der Waals surface area contributed by atoms with E-state index in [4.69, 9.17) is 0 Å². The summed E-state index contributed by atoms with van der Waals surface area (Å²) in [5, 5.41) is 2.75. The highest BCUT2D eigenvalue weighted by Gasteiger charge is 2.25. The van der Waals surface area contributed by atoms with Gasteiger partial charge in [0.1, 0.15) is 0 Å². The first-order valence-corrected chi connectivity index (χ1v) is 41.3. The third-order valence-corrected chi connectivity index (χ3v) is 20.7. The molecular formula is C92H114S6. The number of thioether (sulfide) groups is 4. The molecule has 0 nitrogen and oxygen atoms in total. The van der Waals surface area contributed by atoms with E-state index < -0.39 is 0 Å². The van der Waals surface area contributed by atoms with Gasteiger partial charge in [0.15, 0.2) is 0 Å². The van der Waals surface area contributed by atoms with Crippen LogP contribution in [0.3, 0.4) is 0 Å². The average molecular weight is 1410 g/mol. The minimum Gasteiger partial charge on any atom is -0.166 e. The molecule has 6 aromatic carbocycles. The molecule has 2 aromatic heterocycles. The zero-order valence-electron chi connectivity index (χ0n) is 62.5. The van der Waals surface area contributed by atoms with Gasteiger partial charge >= 0.3 is 0 Å². The Hall–Kier alpha value is -6.92. The van der Waals surface area contributed by atoms with E-state index in [-0.39, 0.29) is 5.92 Å². The van der Waals surface area contributed by atoms with Gasteiger partial charge in [-0.15, -0.1) is 52.6 Å². The van der Waals surface area contributed by atoms with Crippen LogP contribution in [0.5, 0.6) is 0 Å². The lowest BCUT2D eigenvalue weighted by Crippen LogP contribution is -2.10. The van der Waals surface area contributed by atoms with Crippen LogP contribution in [0.4, 0.5) is 0 Å². The summed E-state index contributed by atoms with van der Waals surface area (Å²) in [6.45, 7) is 36.7. The summed E-state index contributed by atoms with van der Waals surface area (Å²) in [6, 6.07) is 66.6. The third-order valence-electron chi connectivity index (χ3n) is 15.1. The van der Waals surface area contributed by atoms with Crippen molar-refractivity contribution in [2.24, 2.45) is 0 Å². The van der Waals surface area contributed by atoms with E-state index >= 15 is 0 Å². The van der Waals surface area contributed by atoms with Crippen LogP contribution in [0, 0.1) is 26.2 Å². The molecule has 0 amide bonds. The average Bonchev–Trinajstić information content (AvgIpc) is 0.968. The van der Waals surface area contributed by atoms with Crippen LogP contribution in [0.1, 0.15) is 165 Å². The third kappa shape index (κ3) is 31.1. The maximum absolute atomic E-state index is 4.66. The van der Waals surface area contributed by atoms with Gasteiger partial charge in [-0.05, 0) is 199 Å². The van der Waals surface area contributed by atoms with Crippen molar-refractivity contribution in [1.29, 1.82) is 0 Å². The lowest BCUT2D eigenvalue weighted by molar-refractivity contribution is 0.802. The van der Waals surface area contributed by atoms with E-state index in [1.165, 1.54) is 120 Å². The number of rotatable bonds is 19. The van der Waals surface area contributed by atoms with Crippen molar-refractivity contribution in [3.05, 3.63) is 332 Å². The van der Waals surface area contributed by atoms with Crippen LogP contribution in [0.25, 0.3) is 42.5 Å². The molecule has 0 saturated heterocycles. The number of allylic oxidation sites excluding steroid dienone is 15. The summed E-state index contributed by atoms with van der Waals surface area (Å²) in [7, 11) is 0. The van der Waals surface area contributed by atoms with E-state index in [0.717, 1.165) is 30.8 Å². The lowest BCUT2D eigenvalue weighted by atomic mass is 9.78. The van der Waals surface area contributed by atoms with Gasteiger partial charge < -0.3 is 0 Å². The second-order valence-electron chi connectivity index (χ2n) is 21.5. The summed E-state index contributed by atoms with van der Waals surface area (Å²) in [5.74, 6) is 5.53. The molecule has 0 N–H and O–H groups in total. The van der Waals surface area contributed by atoms with E-state index in [2.05, 4.69) is 317 Å². The smallest absolute Gasteiger partial charge is 0.0345 e. The Bertz CT molecular complexity index is 3760. The first-order valence-electron chi connectivity index (χ1n) is 35.0. The molecule has 0 saturated carbocycles. The van der Waals surface area contributed by atoms with Gasteiger partial charge in [0.25, 0.3) is 0 Å². The second kappa shape index (κ2) is 54.0. The molecule has 0 fully saturated rings. The first-order chi connectivity index (χ1) is 47.9. The molecule has 10 rings (SSSR count). The molecule has 2 aliphatic rings. The van der Waals surface area contributed by atoms with Crippen molar-refractivity contribution in [2.75, 3.05) is 29.8 Å². The molecule has 0 bridgehead atoms. The number of thiophene rings is 2.